The molecule has 10 heteroatoms. The number of hydrogen-bond acceptors (Lipinski definition) is 7. The highest BCUT2D eigenvalue weighted by molar-refractivity contribution is 7.47. The monoisotopic (exact) mass is 761 g/mol. The fraction of sp³-hybridized carbons (Fsp3) is 0.905. The van der Waals surface area contributed by atoms with Crippen LogP contribution in [0.25, 0.3) is 0 Å². The predicted octanol–water partition coefficient (Wildman–Crippen LogP) is 11.8. The van der Waals surface area contributed by atoms with Crippen LogP contribution in [0, 0.1) is 0 Å². The fourth-order valence-electron chi connectivity index (χ4n) is 5.89. The molecule has 0 rings (SSSR count). The van der Waals surface area contributed by atoms with Crippen molar-refractivity contribution in [3.05, 3.63) is 12.2 Å². The molecule has 9 nitrogen and oxygen atoms in total. The van der Waals surface area contributed by atoms with Crippen LogP contribution in [-0.4, -0.2) is 74.9 Å². The minimum atomic E-state index is -4.37. The van der Waals surface area contributed by atoms with E-state index >= 15 is 0 Å². The Morgan fingerprint density at radius 2 is 0.981 bits per heavy atom. The van der Waals surface area contributed by atoms with E-state index in [1.165, 1.54) is 109 Å². The van der Waals surface area contributed by atoms with Crippen molar-refractivity contribution in [2.24, 2.45) is 0 Å². The number of rotatable bonds is 39. The van der Waals surface area contributed by atoms with Crippen molar-refractivity contribution in [2.45, 2.75) is 200 Å². The number of phosphoric ester groups is 1. The summed E-state index contributed by atoms with van der Waals surface area (Å²) in [5.41, 5.74) is 0. The summed E-state index contributed by atoms with van der Waals surface area (Å²) in [6.45, 7) is 4.42. The van der Waals surface area contributed by atoms with E-state index in [2.05, 4.69) is 26.0 Å². The lowest BCUT2D eigenvalue weighted by atomic mass is 10.0. The van der Waals surface area contributed by atoms with E-state index in [-0.39, 0.29) is 32.0 Å². The Bertz CT molecular complexity index is 907. The molecule has 0 bridgehead atoms. The lowest BCUT2D eigenvalue weighted by Gasteiger charge is -2.24. The summed E-state index contributed by atoms with van der Waals surface area (Å²) in [4.78, 5) is 35.3. The SMILES string of the molecule is CCCCCCC/C=C/CCCCCCCC(=O)OC[C@H](COP(=O)(O)OCC[N+](C)(C)C)OC(=O)CCCCCCCCCCCCCCCC. The molecule has 0 heterocycles. The van der Waals surface area contributed by atoms with Crippen LogP contribution >= 0.6 is 7.82 Å². The van der Waals surface area contributed by atoms with Crippen LogP contribution in [0.1, 0.15) is 194 Å². The number of ether oxygens (including phenoxy) is 2. The number of nitrogens with zero attached hydrogens (tertiary/aromatic N) is 1. The van der Waals surface area contributed by atoms with E-state index in [1.807, 2.05) is 21.1 Å². The quantitative estimate of drug-likeness (QED) is 0.0217. The molecule has 0 aromatic carbocycles. The largest absolute Gasteiger partial charge is 0.472 e. The second-order valence-electron chi connectivity index (χ2n) is 15.7. The summed E-state index contributed by atoms with van der Waals surface area (Å²) >= 11 is 0. The number of unbranched alkanes of at least 4 members (excludes halogenated alkanes) is 23. The van der Waals surface area contributed by atoms with E-state index in [1.54, 1.807) is 0 Å². The summed E-state index contributed by atoms with van der Waals surface area (Å²) in [5, 5.41) is 0. The highest BCUT2D eigenvalue weighted by Crippen LogP contribution is 2.43. The van der Waals surface area contributed by atoms with Crippen LogP contribution in [0.15, 0.2) is 12.2 Å². The van der Waals surface area contributed by atoms with Crippen LogP contribution in [0.4, 0.5) is 0 Å². The predicted molar refractivity (Wildman–Crippen MR) is 215 cm³/mol. The molecule has 0 aromatic heterocycles. The van der Waals surface area contributed by atoms with Gasteiger partial charge in [-0.1, -0.05) is 154 Å². The number of hydrogen-bond donors (Lipinski definition) is 1. The zero-order valence-corrected chi connectivity index (χ0v) is 35.5. The standard InChI is InChI=1S/C42H82NO8P/c1-6-8-10-12-14-16-18-20-22-24-26-28-30-32-34-41(44)48-38-40(39-50-52(46,47)49-37-36-43(3,4)5)51-42(45)35-33-31-29-27-25-23-21-19-17-15-13-11-9-7-2/h18,20,40H,6-17,19,21-39H2,1-5H3/p+1/b20-18+/t40-/m1/s1. The minimum Gasteiger partial charge on any atom is -0.462 e. The van der Waals surface area contributed by atoms with Gasteiger partial charge in [-0.15, -0.1) is 0 Å². The van der Waals surface area contributed by atoms with Gasteiger partial charge in [0.2, 0.25) is 0 Å². The summed E-state index contributed by atoms with van der Waals surface area (Å²) in [5.74, 6) is -0.801. The average Bonchev–Trinajstić information content (AvgIpc) is 3.09. The first-order valence-corrected chi connectivity index (χ1v) is 22.9. The van der Waals surface area contributed by atoms with Crippen LogP contribution < -0.4 is 0 Å². The molecule has 2 atom stereocenters. The molecule has 0 radical (unpaired) electrons. The van der Waals surface area contributed by atoms with Gasteiger partial charge in [0.05, 0.1) is 27.7 Å². The first-order chi connectivity index (χ1) is 25.0. The topological polar surface area (TPSA) is 108 Å². The molecule has 0 aliphatic rings. The molecule has 0 amide bonds. The lowest BCUT2D eigenvalue weighted by Crippen LogP contribution is -2.37. The first-order valence-electron chi connectivity index (χ1n) is 21.4. The highest BCUT2D eigenvalue weighted by atomic mass is 31.2. The number of phosphoric acid groups is 1. The van der Waals surface area contributed by atoms with Crippen molar-refractivity contribution in [1.82, 2.24) is 0 Å². The summed E-state index contributed by atoms with van der Waals surface area (Å²) in [7, 11) is 1.48. The Balaban J connectivity index is 4.37. The van der Waals surface area contributed by atoms with Gasteiger partial charge in [-0.05, 0) is 38.5 Å². The van der Waals surface area contributed by atoms with E-state index in [0.717, 1.165) is 51.4 Å². The highest BCUT2D eigenvalue weighted by Gasteiger charge is 2.27. The molecule has 0 saturated carbocycles. The van der Waals surface area contributed by atoms with Gasteiger partial charge in [-0.2, -0.15) is 0 Å². The smallest absolute Gasteiger partial charge is 0.462 e. The summed E-state index contributed by atoms with van der Waals surface area (Å²) in [6, 6.07) is 0. The molecule has 0 aliphatic carbocycles. The summed E-state index contributed by atoms with van der Waals surface area (Å²) in [6.07, 6.45) is 35.3. The van der Waals surface area contributed by atoms with Crippen LogP contribution in [0.3, 0.4) is 0 Å². The number of esters is 2. The molecule has 0 aromatic rings. The molecule has 0 aliphatic heterocycles. The second kappa shape index (κ2) is 35.5. The lowest BCUT2D eigenvalue weighted by molar-refractivity contribution is -0.870. The minimum absolute atomic E-state index is 0.0335. The maximum Gasteiger partial charge on any atom is 0.472 e. The van der Waals surface area contributed by atoms with Crippen LogP contribution in [0.5, 0.6) is 0 Å². The van der Waals surface area contributed by atoms with Crippen molar-refractivity contribution in [1.29, 1.82) is 0 Å². The number of quaternary nitrogens is 1. The van der Waals surface area contributed by atoms with Gasteiger partial charge >= 0.3 is 19.8 Å². The van der Waals surface area contributed by atoms with E-state index in [0.29, 0.717) is 17.4 Å². The van der Waals surface area contributed by atoms with Crippen LogP contribution in [-0.2, 0) is 32.7 Å². The molecule has 0 fully saturated rings. The number of carbonyl (C=O) groups is 2. The van der Waals surface area contributed by atoms with Crippen molar-refractivity contribution in [3.63, 3.8) is 0 Å². The molecule has 52 heavy (non-hydrogen) atoms. The molecule has 1 N–H and O–H groups in total. The molecular weight excluding hydrogens is 677 g/mol. The maximum absolute atomic E-state index is 12.7. The third-order valence-corrected chi connectivity index (χ3v) is 10.3. The maximum atomic E-state index is 12.7. The Morgan fingerprint density at radius 1 is 0.577 bits per heavy atom. The van der Waals surface area contributed by atoms with Gasteiger partial charge in [-0.3, -0.25) is 18.6 Å². The van der Waals surface area contributed by atoms with Crippen molar-refractivity contribution >= 4 is 19.8 Å². The van der Waals surface area contributed by atoms with Gasteiger partial charge in [0.15, 0.2) is 6.10 Å². The second-order valence-corrected chi connectivity index (χ2v) is 17.2. The average molecular weight is 761 g/mol. The number of allylic oxidation sites excluding steroid dienone is 2. The van der Waals surface area contributed by atoms with Crippen molar-refractivity contribution in [3.8, 4) is 0 Å². The van der Waals surface area contributed by atoms with Crippen LogP contribution in [0.2, 0.25) is 0 Å². The third kappa shape index (κ3) is 38.5. The molecule has 1 unspecified atom stereocenters. The normalized spacial score (nSPS) is 13.7. The molecule has 0 saturated heterocycles. The van der Waals surface area contributed by atoms with Gasteiger partial charge < -0.3 is 18.9 Å². The Labute approximate surface area is 320 Å². The molecule has 308 valence electrons. The Kier molecular flexibility index (Phi) is 34.6. The third-order valence-electron chi connectivity index (χ3n) is 9.30. The van der Waals surface area contributed by atoms with Gasteiger partial charge in [0.25, 0.3) is 0 Å². The molecule has 0 spiro atoms. The summed E-state index contributed by atoms with van der Waals surface area (Å²) < 4.78 is 34.3. The zero-order chi connectivity index (χ0) is 38.6. The van der Waals surface area contributed by atoms with Crippen molar-refractivity contribution in [2.75, 3.05) is 47.5 Å². The van der Waals surface area contributed by atoms with Crippen molar-refractivity contribution < 1.29 is 42.1 Å². The van der Waals surface area contributed by atoms with E-state index in [4.69, 9.17) is 18.5 Å². The fourth-order valence-corrected chi connectivity index (χ4v) is 6.63. The zero-order valence-electron chi connectivity index (χ0n) is 34.6. The first kappa shape index (κ1) is 50.8. The van der Waals surface area contributed by atoms with Gasteiger partial charge in [0, 0.05) is 12.8 Å². The van der Waals surface area contributed by atoms with Gasteiger partial charge in [-0.25, -0.2) is 4.57 Å². The number of carbonyl (C=O) groups excluding carboxylic acids is 2. The Hall–Kier alpha value is -1.25. The number of likely N-dealkylation sites (N-methyl/N-ethyl adjacent to an activating group) is 1. The molecular formula is C42H83NO8P+. The Morgan fingerprint density at radius 3 is 1.42 bits per heavy atom. The van der Waals surface area contributed by atoms with E-state index in [9.17, 15) is 19.0 Å². The van der Waals surface area contributed by atoms with E-state index < -0.39 is 26.5 Å². The van der Waals surface area contributed by atoms with Gasteiger partial charge in [0.1, 0.15) is 19.8 Å².